The van der Waals surface area contributed by atoms with E-state index in [4.69, 9.17) is 4.98 Å². The molecule has 1 aliphatic heterocycles. The second-order valence-electron chi connectivity index (χ2n) is 9.77. The van der Waals surface area contributed by atoms with Crippen molar-refractivity contribution in [1.82, 2.24) is 29.0 Å². The van der Waals surface area contributed by atoms with Crippen molar-refractivity contribution in [1.29, 1.82) is 0 Å². The lowest BCUT2D eigenvalue weighted by Crippen LogP contribution is -2.49. The van der Waals surface area contributed by atoms with Crippen molar-refractivity contribution in [3.05, 3.63) is 75.6 Å². The number of benzene rings is 1. The minimum Gasteiger partial charge on any atom is -0.335 e. The smallest absolute Gasteiger partial charge is 0.275 e. The summed E-state index contributed by atoms with van der Waals surface area (Å²) in [6, 6.07) is 11.5. The number of pyridine rings is 1. The topological polar surface area (TPSA) is 75.7 Å². The third-order valence-corrected chi connectivity index (χ3v) is 7.16. The highest BCUT2D eigenvalue weighted by molar-refractivity contribution is 6.04. The van der Waals surface area contributed by atoms with Gasteiger partial charge in [-0.05, 0) is 44.0 Å². The van der Waals surface area contributed by atoms with Crippen molar-refractivity contribution in [2.75, 3.05) is 26.2 Å². The molecule has 8 heteroatoms. The first-order chi connectivity index (χ1) is 17.5. The Kier molecular flexibility index (Phi) is 6.87. The van der Waals surface area contributed by atoms with E-state index in [9.17, 15) is 9.59 Å². The number of rotatable bonds is 7. The van der Waals surface area contributed by atoms with Gasteiger partial charge in [0.05, 0.1) is 16.8 Å². The molecule has 0 aliphatic carbocycles. The highest BCUT2D eigenvalue weighted by atomic mass is 16.2. The van der Waals surface area contributed by atoms with E-state index in [2.05, 4.69) is 53.5 Å². The summed E-state index contributed by atoms with van der Waals surface area (Å²) in [6.07, 6.45) is 5.05. The molecule has 0 saturated carbocycles. The number of aromatic nitrogens is 4. The first-order valence-corrected chi connectivity index (χ1v) is 12.9. The Morgan fingerprint density at radius 2 is 1.75 bits per heavy atom. The maximum absolute atomic E-state index is 13.6. The number of aryl methyl sites for hydroxylation is 3. The van der Waals surface area contributed by atoms with Crippen molar-refractivity contribution in [3.8, 4) is 0 Å². The largest absolute Gasteiger partial charge is 0.335 e. The highest BCUT2D eigenvalue weighted by Gasteiger charge is 2.26. The number of hydrogen-bond donors (Lipinski definition) is 0. The van der Waals surface area contributed by atoms with Crippen LogP contribution in [0.2, 0.25) is 0 Å². The van der Waals surface area contributed by atoms with Gasteiger partial charge in [0, 0.05) is 50.9 Å². The SMILES string of the molecule is CCCCCn1nc(C(=O)N2CCN(Cc3c(C)nc4cc(C)ccn34)CC2)c2ccccc2c1=O. The van der Waals surface area contributed by atoms with Crippen molar-refractivity contribution >= 4 is 22.3 Å². The van der Waals surface area contributed by atoms with Crippen molar-refractivity contribution in [3.63, 3.8) is 0 Å². The Morgan fingerprint density at radius 1 is 1.00 bits per heavy atom. The van der Waals surface area contributed by atoms with Gasteiger partial charge in [0.15, 0.2) is 5.69 Å². The number of carbonyl (C=O) groups is 1. The lowest BCUT2D eigenvalue weighted by atomic mass is 10.1. The standard InChI is InChI=1S/C28H34N6O2/c1-4-5-8-12-34-27(35)23-10-7-6-9-22(23)26(30-34)28(36)32-16-14-31(15-17-32)19-24-21(3)29-25-18-20(2)11-13-33(24)25/h6-7,9-11,13,18H,4-5,8,12,14-17,19H2,1-3H3. The number of unbranched alkanes of at least 4 members (excludes halogenated alkanes) is 2. The number of nitrogens with zero attached hydrogens (tertiary/aromatic N) is 6. The fraction of sp³-hybridized carbons (Fsp3) is 0.429. The molecule has 1 aliphatic rings. The fourth-order valence-electron chi connectivity index (χ4n) is 5.03. The van der Waals surface area contributed by atoms with Gasteiger partial charge in [0.1, 0.15) is 5.65 Å². The quantitative estimate of drug-likeness (QED) is 0.372. The number of piperazine rings is 1. The molecule has 4 heterocycles. The molecule has 4 aromatic rings. The third-order valence-electron chi connectivity index (χ3n) is 7.16. The van der Waals surface area contributed by atoms with Crippen LogP contribution in [0.15, 0.2) is 47.4 Å². The zero-order chi connectivity index (χ0) is 25.2. The molecule has 1 saturated heterocycles. The van der Waals surface area contributed by atoms with Crippen molar-refractivity contribution < 1.29 is 4.79 Å². The summed E-state index contributed by atoms with van der Waals surface area (Å²) in [4.78, 5) is 35.5. The summed E-state index contributed by atoms with van der Waals surface area (Å²) >= 11 is 0. The van der Waals surface area contributed by atoms with Crippen LogP contribution < -0.4 is 5.56 Å². The lowest BCUT2D eigenvalue weighted by Gasteiger charge is -2.34. The fourth-order valence-corrected chi connectivity index (χ4v) is 5.03. The molecular weight excluding hydrogens is 452 g/mol. The summed E-state index contributed by atoms with van der Waals surface area (Å²) in [5.74, 6) is -0.100. The summed E-state index contributed by atoms with van der Waals surface area (Å²) in [7, 11) is 0. The number of amides is 1. The van der Waals surface area contributed by atoms with Crippen LogP contribution in [0.1, 0.15) is 53.6 Å². The summed E-state index contributed by atoms with van der Waals surface area (Å²) < 4.78 is 3.65. The van der Waals surface area contributed by atoms with Crippen LogP contribution in [0.3, 0.4) is 0 Å². The minimum absolute atomic E-state index is 0.100. The molecule has 36 heavy (non-hydrogen) atoms. The van der Waals surface area contributed by atoms with E-state index in [0.717, 1.165) is 50.2 Å². The lowest BCUT2D eigenvalue weighted by molar-refractivity contribution is 0.0620. The predicted molar refractivity (Wildman–Crippen MR) is 141 cm³/mol. The van der Waals surface area contributed by atoms with E-state index in [1.807, 2.05) is 23.1 Å². The van der Waals surface area contributed by atoms with Gasteiger partial charge in [-0.15, -0.1) is 0 Å². The summed E-state index contributed by atoms with van der Waals surface area (Å²) in [5, 5.41) is 5.76. The molecule has 0 N–H and O–H groups in total. The molecule has 1 fully saturated rings. The van der Waals surface area contributed by atoms with E-state index < -0.39 is 0 Å². The normalized spacial score (nSPS) is 14.7. The molecule has 0 radical (unpaired) electrons. The maximum atomic E-state index is 13.6. The monoisotopic (exact) mass is 486 g/mol. The van der Waals surface area contributed by atoms with Crippen LogP contribution in [-0.4, -0.2) is 61.1 Å². The van der Waals surface area contributed by atoms with E-state index in [1.165, 1.54) is 15.9 Å². The first-order valence-electron chi connectivity index (χ1n) is 12.9. The molecule has 1 aromatic carbocycles. The second-order valence-corrected chi connectivity index (χ2v) is 9.77. The van der Waals surface area contributed by atoms with Gasteiger partial charge >= 0.3 is 0 Å². The molecule has 1 amide bonds. The van der Waals surface area contributed by atoms with E-state index >= 15 is 0 Å². The molecule has 0 atom stereocenters. The highest BCUT2D eigenvalue weighted by Crippen LogP contribution is 2.19. The van der Waals surface area contributed by atoms with Gasteiger partial charge in [-0.3, -0.25) is 14.5 Å². The maximum Gasteiger partial charge on any atom is 0.275 e. The Morgan fingerprint density at radius 3 is 2.50 bits per heavy atom. The summed E-state index contributed by atoms with van der Waals surface area (Å²) in [6.45, 7) is 10.4. The average molecular weight is 487 g/mol. The van der Waals surface area contributed by atoms with Gasteiger partial charge in [-0.2, -0.15) is 5.10 Å². The molecule has 3 aromatic heterocycles. The van der Waals surface area contributed by atoms with Crippen LogP contribution in [0.4, 0.5) is 0 Å². The van der Waals surface area contributed by atoms with Gasteiger partial charge in [0.2, 0.25) is 0 Å². The molecule has 0 bridgehead atoms. The molecule has 188 valence electrons. The zero-order valence-electron chi connectivity index (χ0n) is 21.4. The van der Waals surface area contributed by atoms with E-state index in [1.54, 1.807) is 6.07 Å². The van der Waals surface area contributed by atoms with Crippen LogP contribution >= 0.6 is 0 Å². The van der Waals surface area contributed by atoms with Crippen LogP contribution in [0.25, 0.3) is 16.4 Å². The summed E-state index contributed by atoms with van der Waals surface area (Å²) in [5.41, 5.74) is 4.66. The number of carbonyl (C=O) groups excluding carboxylic acids is 1. The van der Waals surface area contributed by atoms with Gasteiger partial charge in [0.25, 0.3) is 11.5 Å². The zero-order valence-corrected chi connectivity index (χ0v) is 21.4. The van der Waals surface area contributed by atoms with Crippen LogP contribution in [-0.2, 0) is 13.1 Å². The van der Waals surface area contributed by atoms with E-state index in [-0.39, 0.29) is 11.5 Å². The first kappa shape index (κ1) is 24.2. The van der Waals surface area contributed by atoms with E-state index in [0.29, 0.717) is 36.1 Å². The van der Waals surface area contributed by atoms with Crippen LogP contribution in [0.5, 0.6) is 0 Å². The molecule has 5 rings (SSSR count). The molecular formula is C28H34N6O2. The number of imidazole rings is 1. The Balaban J connectivity index is 1.33. The van der Waals surface area contributed by atoms with Gasteiger partial charge in [-0.25, -0.2) is 9.67 Å². The Bertz CT molecular complexity index is 1460. The predicted octanol–water partition coefficient (Wildman–Crippen LogP) is 3.81. The van der Waals surface area contributed by atoms with Gasteiger partial charge in [-0.1, -0.05) is 38.0 Å². The molecule has 0 unspecified atom stereocenters. The van der Waals surface area contributed by atoms with Gasteiger partial charge < -0.3 is 9.30 Å². The Hall–Kier alpha value is -3.52. The second kappa shape index (κ2) is 10.2. The van der Waals surface area contributed by atoms with Crippen LogP contribution in [0, 0.1) is 13.8 Å². The average Bonchev–Trinajstić information content (AvgIpc) is 3.19. The minimum atomic E-state index is -0.123. The van der Waals surface area contributed by atoms with Crippen molar-refractivity contribution in [2.24, 2.45) is 0 Å². The number of hydrogen-bond acceptors (Lipinski definition) is 5. The van der Waals surface area contributed by atoms with Crippen molar-refractivity contribution in [2.45, 2.75) is 53.1 Å². The molecule has 8 nitrogen and oxygen atoms in total. The molecule has 0 spiro atoms. The third kappa shape index (κ3) is 4.65. The number of fused-ring (bicyclic) bond motifs is 2. The Labute approximate surface area is 211 Å².